The Bertz CT molecular complexity index is 3690. The first-order chi connectivity index (χ1) is 35.1. The average molecular weight is 1120 g/mol. The van der Waals surface area contributed by atoms with Gasteiger partial charge in [-0.15, -0.1) is 23.8 Å². The van der Waals surface area contributed by atoms with Crippen molar-refractivity contribution < 1.29 is 30.3 Å². The Hall–Kier alpha value is -7.13. The Morgan fingerprint density at radius 1 is 0.486 bits per heavy atom. The van der Waals surface area contributed by atoms with Crippen LogP contribution >= 0.6 is 0 Å². The topological polar surface area (TPSA) is 50.9 Å². The van der Waals surface area contributed by atoms with Crippen molar-refractivity contribution in [3.05, 3.63) is 217 Å². The minimum absolute atomic E-state index is 0. The molecule has 8 aromatic carbocycles. The number of para-hydroxylation sites is 1. The zero-order valence-electron chi connectivity index (χ0n) is 45.5. The molecule has 0 aliphatic rings. The summed E-state index contributed by atoms with van der Waals surface area (Å²) in [6, 6.07) is 65.4. The second-order valence-electron chi connectivity index (χ2n) is 21.8. The van der Waals surface area contributed by atoms with Gasteiger partial charge in [0.05, 0.1) is 22.3 Å². The number of rotatable bonds is 8. The van der Waals surface area contributed by atoms with E-state index in [9.17, 15) is 5.11 Å². The van der Waals surface area contributed by atoms with Gasteiger partial charge in [0.15, 0.2) is 0 Å². The van der Waals surface area contributed by atoms with Crippen LogP contribution in [-0.2, 0) is 37.3 Å². The van der Waals surface area contributed by atoms with Gasteiger partial charge in [0, 0.05) is 48.2 Å². The molecule has 10 rings (SSSR count). The zero-order valence-corrected chi connectivity index (χ0v) is 44.8. The second-order valence-corrected chi connectivity index (χ2v) is 21.8. The Kier molecular flexibility index (Phi) is 12.4. The summed E-state index contributed by atoms with van der Waals surface area (Å²) in [6.45, 7) is 17.0. The SMILES string of the molecule is [2H]C([2H])([2H])c1cc(-n2c(-c3cc(C(C)(C)C)cc(C(C)(C)C)c3O)nc3c(-c4[c-]c(-c5cc(-c6ccccc6)ccn5)cc(-c5ccccc5)c4)cccc32)c(-c2ccc(C(C)(C)C)cc2)cc1-c1ccccc1.[Pt]. The molecular formula is C67H62N3OPt-. The Morgan fingerprint density at radius 3 is 1.69 bits per heavy atom. The normalized spacial score (nSPS) is 12.8. The molecule has 2 heterocycles. The molecule has 0 fully saturated rings. The van der Waals surface area contributed by atoms with Crippen LogP contribution < -0.4 is 0 Å². The van der Waals surface area contributed by atoms with E-state index in [4.69, 9.17) is 14.1 Å². The summed E-state index contributed by atoms with van der Waals surface area (Å²) in [5.41, 5.74) is 15.5. The first-order valence-corrected chi connectivity index (χ1v) is 24.5. The van der Waals surface area contributed by atoms with Gasteiger partial charge in [-0.05, 0) is 103 Å². The van der Waals surface area contributed by atoms with E-state index in [1.54, 1.807) is 0 Å². The molecule has 72 heavy (non-hydrogen) atoms. The van der Waals surface area contributed by atoms with Crippen LogP contribution in [0.2, 0.25) is 0 Å². The summed E-state index contributed by atoms with van der Waals surface area (Å²) in [7, 11) is 0. The van der Waals surface area contributed by atoms with E-state index in [-0.39, 0.29) is 43.2 Å². The fourth-order valence-electron chi connectivity index (χ4n) is 9.60. The largest absolute Gasteiger partial charge is 0.507 e. The van der Waals surface area contributed by atoms with Crippen LogP contribution in [0.5, 0.6) is 5.75 Å². The van der Waals surface area contributed by atoms with Crippen molar-refractivity contribution in [2.24, 2.45) is 0 Å². The van der Waals surface area contributed by atoms with Gasteiger partial charge in [0.25, 0.3) is 0 Å². The predicted molar refractivity (Wildman–Crippen MR) is 298 cm³/mol. The summed E-state index contributed by atoms with van der Waals surface area (Å²) in [6.07, 6.45) is 1.85. The smallest absolute Gasteiger partial charge is 0.148 e. The molecule has 0 saturated carbocycles. The number of hydrogen-bond donors (Lipinski definition) is 1. The monoisotopic (exact) mass is 1120 g/mol. The second kappa shape index (κ2) is 19.5. The molecule has 0 amide bonds. The number of nitrogens with zero attached hydrogens (tertiary/aromatic N) is 3. The molecule has 0 bridgehead atoms. The van der Waals surface area contributed by atoms with Crippen LogP contribution in [0.4, 0.5) is 0 Å². The van der Waals surface area contributed by atoms with E-state index in [1.807, 2.05) is 103 Å². The Balaban J connectivity index is 0.00000689. The van der Waals surface area contributed by atoms with Gasteiger partial charge in [-0.3, -0.25) is 9.55 Å². The van der Waals surface area contributed by atoms with Gasteiger partial charge in [-0.2, -0.15) is 0 Å². The summed E-state index contributed by atoms with van der Waals surface area (Å²) in [5.74, 6) is 0.607. The van der Waals surface area contributed by atoms with Crippen molar-refractivity contribution in [3.8, 4) is 89.7 Å². The van der Waals surface area contributed by atoms with E-state index in [0.29, 0.717) is 28.2 Å². The predicted octanol–water partition coefficient (Wildman–Crippen LogP) is 17.8. The number of aromatic hydroxyl groups is 1. The minimum Gasteiger partial charge on any atom is -0.507 e. The molecule has 0 radical (unpaired) electrons. The number of hydrogen-bond acceptors (Lipinski definition) is 3. The Labute approximate surface area is 445 Å². The van der Waals surface area contributed by atoms with Gasteiger partial charge in [-0.25, -0.2) is 4.98 Å². The number of pyridine rings is 1. The molecule has 0 atom stereocenters. The zero-order chi connectivity index (χ0) is 52.3. The number of imidazole rings is 1. The molecule has 4 nitrogen and oxygen atoms in total. The van der Waals surface area contributed by atoms with E-state index >= 15 is 0 Å². The van der Waals surface area contributed by atoms with Crippen LogP contribution in [0.1, 0.15) is 88.7 Å². The molecule has 0 saturated heterocycles. The van der Waals surface area contributed by atoms with Crippen LogP contribution in [0.15, 0.2) is 188 Å². The maximum absolute atomic E-state index is 12.8. The van der Waals surface area contributed by atoms with E-state index < -0.39 is 12.3 Å². The van der Waals surface area contributed by atoms with Crippen molar-refractivity contribution >= 4 is 11.0 Å². The van der Waals surface area contributed by atoms with Gasteiger partial charge in [0.2, 0.25) is 0 Å². The molecule has 10 aromatic rings. The van der Waals surface area contributed by atoms with Gasteiger partial charge in [0.1, 0.15) is 11.6 Å². The van der Waals surface area contributed by atoms with Crippen molar-refractivity contribution in [2.75, 3.05) is 0 Å². The molecule has 5 heteroatoms. The number of fused-ring (bicyclic) bond motifs is 1. The third kappa shape index (κ3) is 9.78. The molecule has 2 aromatic heterocycles. The van der Waals surface area contributed by atoms with Gasteiger partial charge >= 0.3 is 0 Å². The van der Waals surface area contributed by atoms with Crippen molar-refractivity contribution in [2.45, 2.75) is 85.4 Å². The van der Waals surface area contributed by atoms with Crippen LogP contribution in [0, 0.1) is 12.9 Å². The maximum Gasteiger partial charge on any atom is 0.148 e. The summed E-state index contributed by atoms with van der Waals surface area (Å²) >= 11 is 0. The third-order valence-electron chi connectivity index (χ3n) is 13.6. The van der Waals surface area contributed by atoms with E-state index in [2.05, 4.69) is 158 Å². The third-order valence-corrected chi connectivity index (χ3v) is 13.6. The fraction of sp³-hybridized carbons (Fsp3) is 0.194. The first kappa shape index (κ1) is 46.0. The summed E-state index contributed by atoms with van der Waals surface area (Å²) in [5, 5.41) is 12.8. The molecule has 0 unspecified atom stereocenters. The standard InChI is InChI=1S/C67H62N3O.Pt/c1-43-35-61(56(42-55(43)46-25-18-13-19-26-46)47-29-31-52(32-30-47)65(2,3)4)70-60-28-20-27-54(62(60)69-64(70)57-40-53(66(5,6)7)41-58(63(57)71)67(8,9)10)50-36-49(45-23-16-12-17-24-45)37-51(38-50)59-39-48(33-34-68-59)44-21-14-11-15-22-44;/h11-37,39-42,71H,1-10H3;/q-1;/i1D3;. The molecular weight excluding hydrogens is 1060 g/mol. The van der Waals surface area contributed by atoms with E-state index in [0.717, 1.165) is 78.0 Å². The maximum atomic E-state index is 12.8. The molecule has 0 aliphatic heterocycles. The van der Waals surface area contributed by atoms with E-state index in [1.165, 1.54) is 5.56 Å². The molecule has 0 spiro atoms. The summed E-state index contributed by atoms with van der Waals surface area (Å²) < 4.78 is 29.4. The fourth-order valence-corrected chi connectivity index (χ4v) is 9.60. The first-order valence-electron chi connectivity index (χ1n) is 26.0. The summed E-state index contributed by atoms with van der Waals surface area (Å²) in [4.78, 5) is 10.6. The quantitative estimate of drug-likeness (QED) is 0.154. The van der Waals surface area contributed by atoms with Crippen LogP contribution in [0.3, 0.4) is 0 Å². The molecule has 0 aliphatic carbocycles. The van der Waals surface area contributed by atoms with Crippen molar-refractivity contribution in [1.29, 1.82) is 0 Å². The molecule has 1 N–H and O–H groups in total. The van der Waals surface area contributed by atoms with Crippen molar-refractivity contribution in [3.63, 3.8) is 0 Å². The van der Waals surface area contributed by atoms with Crippen LogP contribution in [-0.4, -0.2) is 19.6 Å². The van der Waals surface area contributed by atoms with Crippen molar-refractivity contribution in [1.82, 2.24) is 14.5 Å². The number of benzene rings is 8. The number of aryl methyl sites for hydroxylation is 1. The van der Waals surface area contributed by atoms with Gasteiger partial charge < -0.3 is 5.11 Å². The number of phenolic OH excluding ortho intramolecular Hbond substituents is 1. The number of aromatic nitrogens is 3. The van der Waals surface area contributed by atoms with Gasteiger partial charge in [-0.1, -0.05) is 219 Å². The average Bonchev–Trinajstić information content (AvgIpc) is 3.79. The van der Waals surface area contributed by atoms with Crippen LogP contribution in [0.25, 0.3) is 95.0 Å². The minimum atomic E-state index is -2.50. The molecule has 362 valence electrons. The Morgan fingerprint density at radius 2 is 1.08 bits per heavy atom. The number of phenols is 1.